The number of aliphatic imine (C=N–C) groups is 1. The number of fused-ring (bicyclic) bond motifs is 1. The lowest BCUT2D eigenvalue weighted by Gasteiger charge is -2.14. The molecule has 0 saturated carbocycles. The van der Waals surface area contributed by atoms with Crippen molar-refractivity contribution in [2.45, 2.75) is 33.8 Å². The number of nitriles is 1. The molecule has 0 N–H and O–H groups in total. The third kappa shape index (κ3) is 3.27. The van der Waals surface area contributed by atoms with Gasteiger partial charge in [0, 0.05) is 17.3 Å². The molecule has 0 aliphatic carbocycles. The molecule has 0 amide bonds. The third-order valence-electron chi connectivity index (χ3n) is 4.08. The van der Waals surface area contributed by atoms with E-state index in [0.29, 0.717) is 17.2 Å². The predicted molar refractivity (Wildman–Crippen MR) is 99.9 cm³/mol. The molecule has 3 aromatic rings. The van der Waals surface area contributed by atoms with E-state index in [1.54, 1.807) is 6.21 Å². The standard InChI is InChI=1S/C21H20N2O2/c1-13(2)24-20-10-9-16-7-5-6-8-17(16)19(20)12-23-21-18(11-22)14(3)15(4)25-21/h5-10,12-13H,1-4H3. The van der Waals surface area contributed by atoms with Crippen molar-refractivity contribution in [3.05, 3.63) is 58.8 Å². The predicted octanol–water partition coefficient (Wildman–Crippen LogP) is 5.46. The van der Waals surface area contributed by atoms with Crippen molar-refractivity contribution in [3.8, 4) is 11.8 Å². The van der Waals surface area contributed by atoms with Gasteiger partial charge < -0.3 is 9.15 Å². The van der Waals surface area contributed by atoms with Gasteiger partial charge in [-0.2, -0.15) is 5.26 Å². The Morgan fingerprint density at radius 3 is 2.64 bits per heavy atom. The minimum absolute atomic E-state index is 0.0519. The van der Waals surface area contributed by atoms with Crippen LogP contribution in [0.5, 0.6) is 5.75 Å². The minimum atomic E-state index is 0.0519. The van der Waals surface area contributed by atoms with Crippen molar-refractivity contribution < 1.29 is 9.15 Å². The zero-order valence-electron chi connectivity index (χ0n) is 14.8. The fourth-order valence-electron chi connectivity index (χ4n) is 2.72. The highest BCUT2D eigenvalue weighted by molar-refractivity contribution is 6.03. The molecule has 0 atom stereocenters. The maximum atomic E-state index is 9.35. The summed E-state index contributed by atoms with van der Waals surface area (Å²) in [6.45, 7) is 7.67. The van der Waals surface area contributed by atoms with Crippen LogP contribution in [0.4, 0.5) is 5.88 Å². The molecule has 2 aromatic carbocycles. The second-order valence-electron chi connectivity index (χ2n) is 6.20. The summed E-state index contributed by atoms with van der Waals surface area (Å²) >= 11 is 0. The summed E-state index contributed by atoms with van der Waals surface area (Å²) in [5.74, 6) is 1.80. The number of hydrogen-bond acceptors (Lipinski definition) is 4. The van der Waals surface area contributed by atoms with E-state index >= 15 is 0 Å². The van der Waals surface area contributed by atoms with Gasteiger partial charge in [-0.3, -0.25) is 0 Å². The minimum Gasteiger partial charge on any atom is -0.490 e. The number of nitrogens with zero attached hydrogens (tertiary/aromatic N) is 2. The van der Waals surface area contributed by atoms with Crippen molar-refractivity contribution in [1.29, 1.82) is 5.26 Å². The average Bonchev–Trinajstić information content (AvgIpc) is 2.87. The molecule has 126 valence electrons. The number of aryl methyl sites for hydroxylation is 1. The first-order chi connectivity index (χ1) is 12.0. The zero-order valence-corrected chi connectivity index (χ0v) is 14.8. The second-order valence-corrected chi connectivity index (χ2v) is 6.20. The van der Waals surface area contributed by atoms with E-state index < -0.39 is 0 Å². The van der Waals surface area contributed by atoms with Crippen molar-refractivity contribution in [2.75, 3.05) is 0 Å². The molecule has 0 radical (unpaired) electrons. The summed E-state index contributed by atoms with van der Waals surface area (Å²) in [4.78, 5) is 4.45. The molecular weight excluding hydrogens is 312 g/mol. The summed E-state index contributed by atoms with van der Waals surface area (Å²) < 4.78 is 11.6. The van der Waals surface area contributed by atoms with Gasteiger partial charge in [-0.1, -0.05) is 30.3 Å². The maximum absolute atomic E-state index is 9.35. The van der Waals surface area contributed by atoms with Gasteiger partial charge in [-0.15, -0.1) is 0 Å². The first-order valence-corrected chi connectivity index (χ1v) is 8.23. The summed E-state index contributed by atoms with van der Waals surface area (Å²) in [6.07, 6.45) is 1.77. The van der Waals surface area contributed by atoms with Crippen LogP contribution < -0.4 is 4.74 Å². The van der Waals surface area contributed by atoms with Crippen LogP contribution in [0.15, 0.2) is 45.8 Å². The van der Waals surface area contributed by atoms with Gasteiger partial charge >= 0.3 is 0 Å². The van der Waals surface area contributed by atoms with Crippen LogP contribution in [0.25, 0.3) is 10.8 Å². The zero-order chi connectivity index (χ0) is 18.0. The SMILES string of the molecule is Cc1oc(N=Cc2c(OC(C)C)ccc3ccccc23)c(C#N)c1C. The van der Waals surface area contributed by atoms with Crippen LogP contribution in [0.2, 0.25) is 0 Å². The smallest absolute Gasteiger partial charge is 0.237 e. The Bertz CT molecular complexity index is 991. The van der Waals surface area contributed by atoms with Crippen LogP contribution in [0.1, 0.15) is 36.3 Å². The Kier molecular flexibility index (Phi) is 4.58. The highest BCUT2D eigenvalue weighted by Gasteiger charge is 2.14. The van der Waals surface area contributed by atoms with E-state index in [2.05, 4.69) is 11.1 Å². The summed E-state index contributed by atoms with van der Waals surface area (Å²) in [5, 5.41) is 11.5. The Morgan fingerprint density at radius 1 is 1.16 bits per heavy atom. The van der Waals surface area contributed by atoms with Crippen molar-refractivity contribution >= 4 is 22.9 Å². The van der Waals surface area contributed by atoms with Gasteiger partial charge in [0.25, 0.3) is 0 Å². The second kappa shape index (κ2) is 6.82. The van der Waals surface area contributed by atoms with Gasteiger partial charge in [-0.05, 0) is 44.5 Å². The molecule has 4 heteroatoms. The van der Waals surface area contributed by atoms with Crippen LogP contribution in [-0.2, 0) is 0 Å². The largest absolute Gasteiger partial charge is 0.490 e. The van der Waals surface area contributed by atoms with Crippen LogP contribution in [0.3, 0.4) is 0 Å². The van der Waals surface area contributed by atoms with Crippen LogP contribution >= 0.6 is 0 Å². The summed E-state index contributed by atoms with van der Waals surface area (Å²) in [5.41, 5.74) is 2.17. The molecule has 0 fully saturated rings. The molecule has 0 spiro atoms. The number of hydrogen-bond donors (Lipinski definition) is 0. The highest BCUT2D eigenvalue weighted by atomic mass is 16.5. The lowest BCUT2D eigenvalue weighted by molar-refractivity contribution is 0.242. The Morgan fingerprint density at radius 2 is 1.92 bits per heavy atom. The molecule has 1 heterocycles. The van der Waals surface area contributed by atoms with Gasteiger partial charge in [-0.25, -0.2) is 4.99 Å². The van der Waals surface area contributed by atoms with Crippen molar-refractivity contribution in [2.24, 2.45) is 4.99 Å². The third-order valence-corrected chi connectivity index (χ3v) is 4.08. The lowest BCUT2D eigenvalue weighted by Crippen LogP contribution is -2.07. The Hall–Kier alpha value is -3.06. The van der Waals surface area contributed by atoms with E-state index in [1.165, 1.54) is 0 Å². The molecule has 3 rings (SSSR count). The number of benzene rings is 2. The first-order valence-electron chi connectivity index (χ1n) is 8.23. The molecule has 0 bridgehead atoms. The van der Waals surface area contributed by atoms with Gasteiger partial charge in [0.2, 0.25) is 5.88 Å². The van der Waals surface area contributed by atoms with Crippen molar-refractivity contribution in [3.63, 3.8) is 0 Å². The molecule has 0 unspecified atom stereocenters. The molecule has 0 aliphatic rings. The monoisotopic (exact) mass is 332 g/mol. The van der Waals surface area contributed by atoms with Crippen molar-refractivity contribution in [1.82, 2.24) is 0 Å². The van der Waals surface area contributed by atoms with E-state index in [1.807, 2.05) is 64.1 Å². The molecule has 1 aromatic heterocycles. The molecule has 4 nitrogen and oxygen atoms in total. The van der Waals surface area contributed by atoms with E-state index in [0.717, 1.165) is 27.6 Å². The maximum Gasteiger partial charge on any atom is 0.237 e. The number of ether oxygens (including phenoxy) is 1. The summed E-state index contributed by atoms with van der Waals surface area (Å²) in [6, 6.07) is 14.2. The summed E-state index contributed by atoms with van der Waals surface area (Å²) in [7, 11) is 0. The van der Waals surface area contributed by atoms with Crippen LogP contribution in [-0.4, -0.2) is 12.3 Å². The number of furan rings is 1. The first kappa shape index (κ1) is 16.8. The fraction of sp³-hybridized carbons (Fsp3) is 0.238. The van der Waals surface area contributed by atoms with Gasteiger partial charge in [0.05, 0.1) is 6.10 Å². The Balaban J connectivity index is 2.14. The Labute approximate surface area is 147 Å². The van der Waals surface area contributed by atoms with Gasteiger partial charge in [0.1, 0.15) is 23.1 Å². The quantitative estimate of drug-likeness (QED) is 0.596. The molecule has 25 heavy (non-hydrogen) atoms. The normalized spacial score (nSPS) is 11.4. The molecular formula is C21H20N2O2. The van der Waals surface area contributed by atoms with E-state index in [9.17, 15) is 5.26 Å². The lowest BCUT2D eigenvalue weighted by atomic mass is 10.0. The fourth-order valence-corrected chi connectivity index (χ4v) is 2.72. The van der Waals surface area contributed by atoms with E-state index in [4.69, 9.17) is 9.15 Å². The molecule has 0 saturated heterocycles. The van der Waals surface area contributed by atoms with Gasteiger partial charge in [0.15, 0.2) is 0 Å². The van der Waals surface area contributed by atoms with E-state index in [-0.39, 0.29) is 6.10 Å². The molecule has 0 aliphatic heterocycles. The van der Waals surface area contributed by atoms with Crippen LogP contribution in [0, 0.1) is 25.2 Å². The highest BCUT2D eigenvalue weighted by Crippen LogP contribution is 2.31. The average molecular weight is 332 g/mol. The number of rotatable bonds is 4. The topological polar surface area (TPSA) is 58.5 Å².